The maximum absolute atomic E-state index is 12.7. The summed E-state index contributed by atoms with van der Waals surface area (Å²) in [6, 6.07) is 14.4. The van der Waals surface area contributed by atoms with E-state index < -0.39 is 17.8 Å². The van der Waals surface area contributed by atoms with Crippen LogP contribution in [0.4, 0.5) is 0 Å². The minimum absolute atomic E-state index is 0.00619. The number of fused-ring (bicyclic) bond motifs is 1. The number of amides is 2. The largest absolute Gasteiger partial charge is 0.467 e. The fourth-order valence-electron chi connectivity index (χ4n) is 3.35. The summed E-state index contributed by atoms with van der Waals surface area (Å²) in [6.07, 6.45) is 1.46. The first-order chi connectivity index (χ1) is 16.0. The zero-order chi connectivity index (χ0) is 22.9. The Morgan fingerprint density at radius 3 is 2.55 bits per heavy atom. The van der Waals surface area contributed by atoms with E-state index >= 15 is 0 Å². The molecule has 3 heterocycles. The molecule has 0 spiro atoms. The highest BCUT2D eigenvalue weighted by atomic mass is 35.5. The third-order valence-electron chi connectivity index (χ3n) is 4.99. The number of hydrogen-bond donors (Lipinski definition) is 0. The molecule has 1 aliphatic rings. The van der Waals surface area contributed by atoms with Gasteiger partial charge in [0.1, 0.15) is 5.76 Å². The number of hydrogen-bond acceptors (Lipinski definition) is 8. The molecule has 0 fully saturated rings. The maximum Gasteiger partial charge on any atom is 0.338 e. The summed E-state index contributed by atoms with van der Waals surface area (Å²) < 4.78 is 16.0. The Balaban J connectivity index is 1.26. The monoisotopic (exact) mass is 463 g/mol. The predicted octanol–water partition coefficient (Wildman–Crippen LogP) is 4.14. The van der Waals surface area contributed by atoms with Crippen molar-refractivity contribution in [2.24, 2.45) is 0 Å². The van der Waals surface area contributed by atoms with Crippen LogP contribution in [-0.2, 0) is 17.9 Å². The van der Waals surface area contributed by atoms with Crippen LogP contribution in [-0.4, -0.2) is 32.9 Å². The van der Waals surface area contributed by atoms with Crippen LogP contribution in [0.2, 0.25) is 5.02 Å². The van der Waals surface area contributed by atoms with Gasteiger partial charge >= 0.3 is 5.97 Å². The van der Waals surface area contributed by atoms with Crippen LogP contribution in [0.3, 0.4) is 0 Å². The molecule has 2 aromatic heterocycles. The number of nitrogens with zero attached hydrogens (tertiary/aromatic N) is 3. The molecule has 0 radical (unpaired) electrons. The molecular weight excluding hydrogens is 450 g/mol. The lowest BCUT2D eigenvalue weighted by Gasteiger charge is -2.11. The average Bonchev–Trinajstić information content (AvgIpc) is 3.56. The van der Waals surface area contributed by atoms with Gasteiger partial charge in [0.2, 0.25) is 5.89 Å². The van der Waals surface area contributed by atoms with E-state index in [1.54, 1.807) is 36.4 Å². The van der Waals surface area contributed by atoms with Gasteiger partial charge in [-0.05, 0) is 54.6 Å². The summed E-state index contributed by atoms with van der Waals surface area (Å²) in [4.78, 5) is 38.9. The number of imide groups is 1. The van der Waals surface area contributed by atoms with Crippen LogP contribution in [0.15, 0.2) is 69.7 Å². The lowest BCUT2D eigenvalue weighted by molar-refractivity contribution is 0.0438. The van der Waals surface area contributed by atoms with Crippen LogP contribution in [0.5, 0.6) is 0 Å². The molecule has 164 valence electrons. The van der Waals surface area contributed by atoms with E-state index in [0.717, 1.165) is 4.90 Å². The van der Waals surface area contributed by atoms with Crippen molar-refractivity contribution >= 4 is 29.4 Å². The molecule has 0 N–H and O–H groups in total. The van der Waals surface area contributed by atoms with Crippen LogP contribution in [0.25, 0.3) is 11.5 Å². The Hall–Kier alpha value is -4.24. The van der Waals surface area contributed by atoms with Gasteiger partial charge in [-0.25, -0.2) is 4.79 Å². The second kappa shape index (κ2) is 8.36. The van der Waals surface area contributed by atoms with E-state index in [1.165, 1.54) is 24.5 Å². The Kier molecular flexibility index (Phi) is 5.23. The standard InChI is InChI=1S/C23H14ClN3O6/c24-15-6-3-13(4-7-15)20-26-25-19(33-20)12-32-23(30)14-5-8-17-18(10-14)22(29)27(21(17)28)11-16-2-1-9-31-16/h1-10H,11-12H2. The highest BCUT2D eigenvalue weighted by Gasteiger charge is 2.36. The summed E-state index contributed by atoms with van der Waals surface area (Å²) in [7, 11) is 0. The number of carbonyl (C=O) groups is 3. The summed E-state index contributed by atoms with van der Waals surface area (Å²) in [5.41, 5.74) is 1.13. The second-order valence-electron chi connectivity index (χ2n) is 7.12. The van der Waals surface area contributed by atoms with Gasteiger partial charge in [0.05, 0.1) is 29.5 Å². The summed E-state index contributed by atoms with van der Waals surface area (Å²) in [6.45, 7) is -0.250. The molecule has 33 heavy (non-hydrogen) atoms. The van der Waals surface area contributed by atoms with E-state index in [4.69, 9.17) is 25.2 Å². The molecule has 10 heteroatoms. The molecule has 4 aromatic rings. The van der Waals surface area contributed by atoms with E-state index in [0.29, 0.717) is 16.3 Å². The van der Waals surface area contributed by atoms with Crippen molar-refractivity contribution in [3.05, 3.63) is 94.2 Å². The van der Waals surface area contributed by atoms with Gasteiger partial charge in [-0.2, -0.15) is 0 Å². The molecule has 0 saturated heterocycles. The fourth-order valence-corrected chi connectivity index (χ4v) is 3.48. The van der Waals surface area contributed by atoms with E-state index in [1.807, 2.05) is 0 Å². The summed E-state index contributed by atoms with van der Waals surface area (Å²) in [5.74, 6) is -0.825. The van der Waals surface area contributed by atoms with Crippen LogP contribution in [0, 0.1) is 0 Å². The molecule has 0 saturated carbocycles. The fraction of sp³-hybridized carbons (Fsp3) is 0.0870. The number of esters is 1. The van der Waals surface area contributed by atoms with Crippen molar-refractivity contribution in [3.63, 3.8) is 0 Å². The summed E-state index contributed by atoms with van der Waals surface area (Å²) >= 11 is 5.87. The lowest BCUT2D eigenvalue weighted by Crippen LogP contribution is -2.28. The van der Waals surface area contributed by atoms with Gasteiger partial charge in [-0.15, -0.1) is 10.2 Å². The van der Waals surface area contributed by atoms with Gasteiger partial charge in [-0.3, -0.25) is 14.5 Å². The van der Waals surface area contributed by atoms with Gasteiger partial charge in [0, 0.05) is 10.6 Å². The van der Waals surface area contributed by atoms with Gasteiger partial charge in [0.25, 0.3) is 17.7 Å². The first-order valence-corrected chi connectivity index (χ1v) is 10.2. The van der Waals surface area contributed by atoms with Crippen LogP contribution >= 0.6 is 11.6 Å². The van der Waals surface area contributed by atoms with Crippen LogP contribution in [0.1, 0.15) is 42.7 Å². The maximum atomic E-state index is 12.7. The Morgan fingerprint density at radius 2 is 1.79 bits per heavy atom. The quantitative estimate of drug-likeness (QED) is 0.309. The molecule has 1 aliphatic heterocycles. The molecule has 0 unspecified atom stereocenters. The number of aromatic nitrogens is 2. The predicted molar refractivity (Wildman–Crippen MR) is 113 cm³/mol. The molecule has 2 aromatic carbocycles. The number of rotatable bonds is 6. The Morgan fingerprint density at radius 1 is 1.00 bits per heavy atom. The van der Waals surface area contributed by atoms with E-state index in [-0.39, 0.29) is 41.6 Å². The molecule has 0 atom stereocenters. The van der Waals surface area contributed by atoms with E-state index in [2.05, 4.69) is 10.2 Å². The number of furan rings is 1. The Labute approximate surface area is 191 Å². The number of benzene rings is 2. The molecule has 5 rings (SSSR count). The van der Waals surface area contributed by atoms with Gasteiger partial charge < -0.3 is 13.6 Å². The molecule has 0 bridgehead atoms. The first-order valence-electron chi connectivity index (χ1n) is 9.77. The van der Waals surface area contributed by atoms with Crippen molar-refractivity contribution in [3.8, 4) is 11.5 Å². The Bertz CT molecular complexity index is 1360. The van der Waals surface area contributed by atoms with Crippen LogP contribution < -0.4 is 0 Å². The van der Waals surface area contributed by atoms with Crippen molar-refractivity contribution < 1.29 is 28.0 Å². The highest BCUT2D eigenvalue weighted by Crippen LogP contribution is 2.26. The minimum Gasteiger partial charge on any atom is -0.467 e. The number of carbonyl (C=O) groups excluding carboxylic acids is 3. The molecule has 2 amide bonds. The first kappa shape index (κ1) is 20.7. The molecular formula is C23H14ClN3O6. The highest BCUT2D eigenvalue weighted by molar-refractivity contribution is 6.30. The topological polar surface area (TPSA) is 116 Å². The zero-order valence-electron chi connectivity index (χ0n) is 16.9. The van der Waals surface area contributed by atoms with Gasteiger partial charge in [-0.1, -0.05) is 11.6 Å². The normalized spacial score (nSPS) is 12.8. The third-order valence-corrected chi connectivity index (χ3v) is 5.24. The lowest BCUT2D eigenvalue weighted by atomic mass is 10.1. The zero-order valence-corrected chi connectivity index (χ0v) is 17.6. The van der Waals surface area contributed by atoms with Crippen molar-refractivity contribution in [1.29, 1.82) is 0 Å². The molecule has 9 nitrogen and oxygen atoms in total. The van der Waals surface area contributed by atoms with E-state index in [9.17, 15) is 14.4 Å². The van der Waals surface area contributed by atoms with Crippen molar-refractivity contribution in [2.45, 2.75) is 13.2 Å². The SMILES string of the molecule is O=C(OCc1nnc(-c2ccc(Cl)cc2)o1)c1ccc2c(c1)C(=O)N(Cc1ccco1)C2=O. The number of ether oxygens (including phenoxy) is 1. The van der Waals surface area contributed by atoms with Crippen molar-refractivity contribution in [2.75, 3.05) is 0 Å². The third kappa shape index (κ3) is 4.01. The summed E-state index contributed by atoms with van der Waals surface area (Å²) in [5, 5.41) is 8.36. The minimum atomic E-state index is -0.700. The second-order valence-corrected chi connectivity index (χ2v) is 7.56. The van der Waals surface area contributed by atoms with Crippen molar-refractivity contribution in [1.82, 2.24) is 15.1 Å². The smallest absolute Gasteiger partial charge is 0.338 e. The van der Waals surface area contributed by atoms with Gasteiger partial charge in [0.15, 0.2) is 6.61 Å². The molecule has 0 aliphatic carbocycles. The average molecular weight is 464 g/mol. The number of halogens is 1.